The summed E-state index contributed by atoms with van der Waals surface area (Å²) in [4.78, 5) is 0. The van der Waals surface area contributed by atoms with Crippen molar-refractivity contribution in [2.45, 2.75) is 0 Å². The van der Waals surface area contributed by atoms with Gasteiger partial charge in [0.05, 0.1) is 22.7 Å². The van der Waals surface area contributed by atoms with Gasteiger partial charge in [0.25, 0.3) is 0 Å². The normalized spacial score (nSPS) is 11.8. The second-order valence-corrected chi connectivity index (χ2v) is 15.1. The van der Waals surface area contributed by atoms with Crippen molar-refractivity contribution in [2.75, 3.05) is 0 Å². The lowest BCUT2D eigenvalue weighted by Gasteiger charge is -2.19. The van der Waals surface area contributed by atoms with E-state index in [4.69, 9.17) is 0 Å². The van der Waals surface area contributed by atoms with Crippen molar-refractivity contribution in [3.63, 3.8) is 0 Å². The van der Waals surface area contributed by atoms with Gasteiger partial charge in [-0.25, -0.2) is 0 Å². The van der Waals surface area contributed by atoms with Crippen molar-refractivity contribution in [1.29, 1.82) is 5.26 Å². The van der Waals surface area contributed by atoms with Gasteiger partial charge in [-0.3, -0.25) is 0 Å². The number of para-hydroxylation sites is 1. The Kier molecular flexibility index (Phi) is 6.73. The van der Waals surface area contributed by atoms with Crippen molar-refractivity contribution in [1.82, 2.24) is 4.57 Å². The third-order valence-corrected chi connectivity index (χ3v) is 12.1. The van der Waals surface area contributed by atoms with Gasteiger partial charge in [0.15, 0.2) is 0 Å². The average Bonchev–Trinajstić information content (AvgIpc) is 3.62. The zero-order valence-corrected chi connectivity index (χ0v) is 30.9. The summed E-state index contributed by atoms with van der Waals surface area (Å²) < 4.78 is 2.34. The van der Waals surface area contributed by atoms with Crippen LogP contribution in [-0.4, -0.2) is 4.57 Å². The number of hydrogen-bond donors (Lipinski definition) is 0. The fraction of sp³-hybridized carbons (Fsp3) is 0. The molecule has 1 aromatic heterocycles. The molecule has 0 N–H and O–H groups in total. The van der Waals surface area contributed by atoms with Gasteiger partial charge in [-0.2, -0.15) is 5.26 Å². The molecule has 11 aromatic carbocycles. The summed E-state index contributed by atoms with van der Waals surface area (Å²) in [5, 5.41) is 24.5. The summed E-state index contributed by atoms with van der Waals surface area (Å²) in [7, 11) is 0. The lowest BCUT2D eigenvalue weighted by Crippen LogP contribution is -1.93. The van der Waals surface area contributed by atoms with E-state index in [0.29, 0.717) is 5.56 Å². The average molecular weight is 721 g/mol. The van der Waals surface area contributed by atoms with Crippen LogP contribution in [0, 0.1) is 11.3 Å². The van der Waals surface area contributed by atoms with Crippen LogP contribution < -0.4 is 0 Å². The van der Waals surface area contributed by atoms with Crippen LogP contribution in [0.3, 0.4) is 0 Å². The fourth-order valence-electron chi connectivity index (χ4n) is 9.62. The molecule has 0 radical (unpaired) electrons. The maximum absolute atomic E-state index is 10.2. The minimum atomic E-state index is 0.695. The van der Waals surface area contributed by atoms with Gasteiger partial charge in [-0.1, -0.05) is 146 Å². The third kappa shape index (κ3) is 4.64. The topological polar surface area (TPSA) is 28.7 Å². The summed E-state index contributed by atoms with van der Waals surface area (Å²) in [5.74, 6) is 0. The second kappa shape index (κ2) is 12.1. The molecular weight excluding hydrogens is 689 g/mol. The molecule has 0 saturated heterocycles. The molecular formula is C55H32N2. The summed E-state index contributed by atoms with van der Waals surface area (Å²) in [6, 6.07) is 73.0. The number of benzene rings is 11. The third-order valence-electron chi connectivity index (χ3n) is 12.1. The molecule has 0 amide bonds. The highest BCUT2D eigenvalue weighted by Gasteiger charge is 2.22. The fourth-order valence-corrected chi connectivity index (χ4v) is 9.62. The van der Waals surface area contributed by atoms with Crippen molar-refractivity contribution in [2.24, 2.45) is 0 Å². The molecule has 0 atom stereocenters. The van der Waals surface area contributed by atoms with E-state index in [-0.39, 0.29) is 0 Å². The Labute approximate surface area is 329 Å². The standard InChI is InChI=1S/C55H32N2/c56-33-41-23-28-50-54-44(41)25-26-47-43(27-29-51(55(47)54)57(50)42-14-2-1-3-15-42)38-22-24-48-49(32-38)53(40-21-19-35-11-5-7-13-37(35)31-40)46-17-9-8-16-45(46)52(48)39-20-18-34-10-4-6-12-36(34)30-39/h1-32H. The van der Waals surface area contributed by atoms with Crippen LogP contribution in [0.1, 0.15) is 5.56 Å². The Bertz CT molecular complexity index is 3640. The molecule has 12 aromatic rings. The quantitative estimate of drug-likeness (QED) is 0.131. The van der Waals surface area contributed by atoms with Crippen molar-refractivity contribution >= 4 is 75.7 Å². The summed E-state index contributed by atoms with van der Waals surface area (Å²) in [6.07, 6.45) is 0. The Morgan fingerprint density at radius 1 is 0.351 bits per heavy atom. The van der Waals surface area contributed by atoms with Crippen molar-refractivity contribution < 1.29 is 0 Å². The van der Waals surface area contributed by atoms with E-state index in [0.717, 1.165) is 33.1 Å². The van der Waals surface area contributed by atoms with Crippen LogP contribution in [0.2, 0.25) is 0 Å². The minimum Gasteiger partial charge on any atom is -0.309 e. The Balaban J connectivity index is 1.19. The van der Waals surface area contributed by atoms with E-state index in [1.54, 1.807) is 0 Å². The highest BCUT2D eigenvalue weighted by atomic mass is 15.0. The number of aromatic nitrogens is 1. The van der Waals surface area contributed by atoms with Gasteiger partial charge in [0.1, 0.15) is 0 Å². The van der Waals surface area contributed by atoms with Gasteiger partial charge in [-0.15, -0.1) is 0 Å². The van der Waals surface area contributed by atoms with E-state index < -0.39 is 0 Å². The molecule has 2 nitrogen and oxygen atoms in total. The van der Waals surface area contributed by atoms with E-state index in [1.807, 2.05) is 6.07 Å². The minimum absolute atomic E-state index is 0.695. The van der Waals surface area contributed by atoms with Gasteiger partial charge < -0.3 is 4.57 Å². The van der Waals surface area contributed by atoms with Gasteiger partial charge in [0.2, 0.25) is 0 Å². The van der Waals surface area contributed by atoms with Crippen molar-refractivity contribution in [3.8, 4) is 45.1 Å². The summed E-state index contributed by atoms with van der Waals surface area (Å²) >= 11 is 0. The number of rotatable bonds is 4. The molecule has 262 valence electrons. The van der Waals surface area contributed by atoms with E-state index >= 15 is 0 Å². The van der Waals surface area contributed by atoms with Gasteiger partial charge in [0, 0.05) is 21.8 Å². The van der Waals surface area contributed by atoms with Crippen LogP contribution >= 0.6 is 0 Å². The maximum atomic E-state index is 10.2. The van der Waals surface area contributed by atoms with Gasteiger partial charge >= 0.3 is 0 Å². The second-order valence-electron chi connectivity index (χ2n) is 15.1. The largest absolute Gasteiger partial charge is 0.309 e. The molecule has 0 spiro atoms. The molecule has 0 saturated carbocycles. The predicted octanol–water partition coefficient (Wildman–Crippen LogP) is 14.9. The van der Waals surface area contributed by atoms with Crippen LogP contribution in [-0.2, 0) is 0 Å². The van der Waals surface area contributed by atoms with E-state index in [9.17, 15) is 5.26 Å². The molecule has 0 bridgehead atoms. The molecule has 0 aliphatic carbocycles. The maximum Gasteiger partial charge on any atom is 0.0998 e. The molecule has 0 unspecified atom stereocenters. The van der Waals surface area contributed by atoms with Crippen LogP contribution in [0.25, 0.3) is 115 Å². The SMILES string of the molecule is N#Cc1ccc2c3c1ccc1c(-c4ccc5c(-c6ccc7ccccc7c6)c6ccccc6c(-c6ccc7ccccc7c6)c5c4)ccc(c13)n2-c1ccccc1. The van der Waals surface area contributed by atoms with Crippen molar-refractivity contribution in [3.05, 3.63) is 200 Å². The summed E-state index contributed by atoms with van der Waals surface area (Å²) in [5.41, 5.74) is 11.3. The molecule has 1 heterocycles. The first-order chi connectivity index (χ1) is 28.2. The number of nitrogens with zero attached hydrogens (tertiary/aromatic N) is 2. The summed E-state index contributed by atoms with van der Waals surface area (Å²) in [6.45, 7) is 0. The molecule has 12 rings (SSSR count). The lowest BCUT2D eigenvalue weighted by molar-refractivity contribution is 1.18. The smallest absolute Gasteiger partial charge is 0.0998 e. The van der Waals surface area contributed by atoms with Crippen LogP contribution in [0.15, 0.2) is 194 Å². The Morgan fingerprint density at radius 3 is 1.53 bits per heavy atom. The first-order valence-corrected chi connectivity index (χ1v) is 19.5. The number of fused-ring (bicyclic) bond motifs is 4. The first kappa shape index (κ1) is 31.6. The molecule has 57 heavy (non-hydrogen) atoms. The molecule has 2 heteroatoms. The number of hydrogen-bond acceptors (Lipinski definition) is 1. The first-order valence-electron chi connectivity index (χ1n) is 19.5. The highest BCUT2D eigenvalue weighted by Crippen LogP contribution is 2.48. The Morgan fingerprint density at radius 2 is 0.860 bits per heavy atom. The van der Waals surface area contributed by atoms with E-state index in [1.165, 1.54) is 81.7 Å². The monoisotopic (exact) mass is 720 g/mol. The zero-order chi connectivity index (χ0) is 37.6. The molecule has 0 aliphatic rings. The molecule has 0 fully saturated rings. The number of nitriles is 1. The predicted molar refractivity (Wildman–Crippen MR) is 241 cm³/mol. The lowest BCUT2D eigenvalue weighted by atomic mass is 9.83. The van der Waals surface area contributed by atoms with E-state index in [2.05, 4.69) is 199 Å². The zero-order valence-electron chi connectivity index (χ0n) is 30.9. The van der Waals surface area contributed by atoms with Gasteiger partial charge in [-0.05, 0) is 130 Å². The Hall–Kier alpha value is -7.73. The molecule has 0 aliphatic heterocycles. The van der Waals surface area contributed by atoms with Crippen LogP contribution in [0.4, 0.5) is 0 Å². The highest BCUT2D eigenvalue weighted by molar-refractivity contribution is 6.28. The van der Waals surface area contributed by atoms with Crippen LogP contribution in [0.5, 0.6) is 0 Å².